The van der Waals surface area contributed by atoms with Gasteiger partial charge in [0.15, 0.2) is 0 Å². The topological polar surface area (TPSA) is 60.7 Å². The molecule has 3 aromatic carbocycles. The van der Waals surface area contributed by atoms with Gasteiger partial charge in [0.05, 0.1) is 0 Å². The summed E-state index contributed by atoms with van der Waals surface area (Å²) in [5.74, 6) is 0.839. The quantitative estimate of drug-likeness (QED) is 0.581. The van der Waals surface area contributed by atoms with Crippen molar-refractivity contribution in [3.8, 4) is 17.2 Å². The normalized spacial score (nSPS) is 12.1. The van der Waals surface area contributed by atoms with Crippen LogP contribution in [-0.4, -0.2) is 15.3 Å². The average molecular weight is 362 g/mol. The third-order valence-electron chi connectivity index (χ3n) is 5.22. The fourth-order valence-corrected chi connectivity index (χ4v) is 3.78. The summed E-state index contributed by atoms with van der Waals surface area (Å²) < 4.78 is 0. The minimum atomic E-state index is -0.0625. The van der Waals surface area contributed by atoms with Gasteiger partial charge in [-0.1, -0.05) is 42.5 Å². The Morgan fingerprint density at radius 1 is 0.704 bits per heavy atom. The predicted octanol–water partition coefficient (Wildman–Crippen LogP) is 5.41. The van der Waals surface area contributed by atoms with Gasteiger partial charge in [-0.15, -0.1) is 0 Å². The zero-order valence-electron chi connectivity index (χ0n) is 16.2. The third kappa shape index (κ3) is 3.77. The first-order valence-electron chi connectivity index (χ1n) is 9.15. The molecule has 3 rings (SSSR count). The van der Waals surface area contributed by atoms with Crippen molar-refractivity contribution in [1.82, 2.24) is 0 Å². The van der Waals surface area contributed by atoms with Gasteiger partial charge in [-0.05, 0) is 73.6 Å². The van der Waals surface area contributed by atoms with E-state index in [1.54, 1.807) is 6.07 Å². The van der Waals surface area contributed by atoms with Crippen LogP contribution in [0.5, 0.6) is 17.2 Å². The highest BCUT2D eigenvalue weighted by Crippen LogP contribution is 2.37. The third-order valence-corrected chi connectivity index (χ3v) is 5.22. The van der Waals surface area contributed by atoms with Gasteiger partial charge >= 0.3 is 0 Å². The van der Waals surface area contributed by atoms with Crippen molar-refractivity contribution in [3.05, 3.63) is 87.5 Å². The van der Waals surface area contributed by atoms with Crippen LogP contribution in [0.3, 0.4) is 0 Å². The van der Waals surface area contributed by atoms with E-state index in [4.69, 9.17) is 0 Å². The lowest BCUT2D eigenvalue weighted by atomic mass is 9.83. The highest BCUT2D eigenvalue weighted by molar-refractivity contribution is 5.50. The lowest BCUT2D eigenvalue weighted by Crippen LogP contribution is -2.07. The Balaban J connectivity index is 2.13. The maximum absolute atomic E-state index is 10.5. The van der Waals surface area contributed by atoms with Crippen LogP contribution in [0, 0.1) is 27.7 Å². The summed E-state index contributed by atoms with van der Waals surface area (Å²) in [6, 6.07) is 15.4. The van der Waals surface area contributed by atoms with E-state index in [2.05, 4.69) is 0 Å². The molecule has 0 saturated heterocycles. The molecule has 0 heterocycles. The van der Waals surface area contributed by atoms with Gasteiger partial charge in [0.1, 0.15) is 17.2 Å². The Hall–Kier alpha value is -2.94. The van der Waals surface area contributed by atoms with Crippen LogP contribution in [0.2, 0.25) is 0 Å². The van der Waals surface area contributed by atoms with Crippen LogP contribution in [0.1, 0.15) is 44.9 Å². The van der Waals surface area contributed by atoms with E-state index in [0.29, 0.717) is 17.9 Å². The fraction of sp³-hybridized carbons (Fsp3) is 0.250. The van der Waals surface area contributed by atoms with Crippen molar-refractivity contribution in [2.75, 3.05) is 0 Å². The van der Waals surface area contributed by atoms with Crippen LogP contribution in [0.25, 0.3) is 0 Å². The Labute approximate surface area is 160 Å². The summed E-state index contributed by atoms with van der Waals surface area (Å²) in [5.41, 5.74) is 6.34. The number of benzene rings is 3. The fourth-order valence-electron chi connectivity index (χ4n) is 3.78. The van der Waals surface area contributed by atoms with E-state index in [0.717, 1.165) is 38.9 Å². The zero-order valence-corrected chi connectivity index (χ0v) is 16.2. The molecule has 0 aliphatic heterocycles. The summed E-state index contributed by atoms with van der Waals surface area (Å²) in [5, 5.41) is 30.7. The monoisotopic (exact) mass is 362 g/mol. The number of para-hydroxylation sites is 1. The highest BCUT2D eigenvalue weighted by atomic mass is 16.3. The molecule has 0 aromatic heterocycles. The van der Waals surface area contributed by atoms with E-state index >= 15 is 0 Å². The summed E-state index contributed by atoms with van der Waals surface area (Å²) in [6.07, 6.45) is 0.684. The number of phenolic OH excluding ortho intramolecular Hbond substituents is 3. The molecule has 3 heteroatoms. The largest absolute Gasteiger partial charge is 0.508 e. The van der Waals surface area contributed by atoms with E-state index in [-0.39, 0.29) is 11.7 Å². The molecule has 0 aliphatic carbocycles. The van der Waals surface area contributed by atoms with Crippen molar-refractivity contribution in [3.63, 3.8) is 0 Å². The summed E-state index contributed by atoms with van der Waals surface area (Å²) in [6.45, 7) is 7.58. The molecule has 3 nitrogen and oxygen atoms in total. The molecule has 0 amide bonds. The number of rotatable bonds is 4. The van der Waals surface area contributed by atoms with Gasteiger partial charge < -0.3 is 15.3 Å². The van der Waals surface area contributed by atoms with Gasteiger partial charge in [-0.2, -0.15) is 0 Å². The lowest BCUT2D eigenvalue weighted by molar-refractivity contribution is 0.462. The smallest absolute Gasteiger partial charge is 0.121 e. The zero-order chi connectivity index (χ0) is 19.7. The first-order valence-corrected chi connectivity index (χ1v) is 9.15. The molecule has 0 radical (unpaired) electrons. The van der Waals surface area contributed by atoms with Crippen LogP contribution in [-0.2, 0) is 6.42 Å². The summed E-state index contributed by atoms with van der Waals surface area (Å²) >= 11 is 0. The number of phenols is 3. The maximum atomic E-state index is 10.5. The van der Waals surface area contributed by atoms with Gasteiger partial charge in [-0.3, -0.25) is 0 Å². The van der Waals surface area contributed by atoms with Crippen LogP contribution >= 0.6 is 0 Å². The van der Waals surface area contributed by atoms with Crippen molar-refractivity contribution in [2.24, 2.45) is 0 Å². The predicted molar refractivity (Wildman–Crippen MR) is 109 cm³/mol. The van der Waals surface area contributed by atoms with Gasteiger partial charge in [0, 0.05) is 11.5 Å². The van der Waals surface area contributed by atoms with Crippen LogP contribution in [0.15, 0.2) is 48.5 Å². The minimum absolute atomic E-state index is 0.0625. The molecular weight excluding hydrogens is 336 g/mol. The Kier molecular flexibility index (Phi) is 5.13. The van der Waals surface area contributed by atoms with Gasteiger partial charge in [-0.25, -0.2) is 0 Å². The van der Waals surface area contributed by atoms with E-state index < -0.39 is 0 Å². The minimum Gasteiger partial charge on any atom is -0.508 e. The Morgan fingerprint density at radius 2 is 1.19 bits per heavy atom. The number of aromatic hydroxyl groups is 3. The number of hydrogen-bond donors (Lipinski definition) is 3. The Morgan fingerprint density at radius 3 is 1.70 bits per heavy atom. The lowest BCUT2D eigenvalue weighted by Gasteiger charge is -2.22. The van der Waals surface area contributed by atoms with Gasteiger partial charge in [0.2, 0.25) is 0 Å². The molecule has 140 valence electrons. The van der Waals surface area contributed by atoms with Crippen LogP contribution < -0.4 is 0 Å². The molecule has 27 heavy (non-hydrogen) atoms. The standard InChI is InChI=1S/C24H26O3/c1-14-9-18(10-15(2)23(14)26)13-21(20-7-5-6-8-22(20)25)19-11-16(3)24(27)17(4)12-19/h5-12,21,25-27H,13H2,1-4H3. The summed E-state index contributed by atoms with van der Waals surface area (Å²) in [7, 11) is 0. The van der Waals surface area contributed by atoms with Crippen molar-refractivity contribution < 1.29 is 15.3 Å². The highest BCUT2D eigenvalue weighted by Gasteiger charge is 2.20. The molecule has 0 fully saturated rings. The van der Waals surface area contributed by atoms with Gasteiger partial charge in [0.25, 0.3) is 0 Å². The molecule has 3 N–H and O–H groups in total. The first-order chi connectivity index (χ1) is 12.8. The number of aryl methyl sites for hydroxylation is 4. The molecular formula is C24H26O3. The molecule has 1 atom stereocenters. The summed E-state index contributed by atoms with van der Waals surface area (Å²) in [4.78, 5) is 0. The molecule has 1 unspecified atom stereocenters. The second-order valence-corrected chi connectivity index (χ2v) is 7.40. The second kappa shape index (κ2) is 7.36. The molecule has 0 saturated carbocycles. The van der Waals surface area contributed by atoms with E-state index in [1.807, 2.05) is 70.2 Å². The second-order valence-electron chi connectivity index (χ2n) is 7.40. The molecule has 0 bridgehead atoms. The van der Waals surface area contributed by atoms with Crippen LogP contribution in [0.4, 0.5) is 0 Å². The van der Waals surface area contributed by atoms with Crippen molar-refractivity contribution >= 4 is 0 Å². The Bertz CT molecular complexity index is 943. The van der Waals surface area contributed by atoms with Crippen molar-refractivity contribution in [1.29, 1.82) is 0 Å². The first kappa shape index (κ1) is 18.8. The van der Waals surface area contributed by atoms with Crippen molar-refractivity contribution in [2.45, 2.75) is 40.0 Å². The number of hydrogen-bond acceptors (Lipinski definition) is 3. The maximum Gasteiger partial charge on any atom is 0.121 e. The average Bonchev–Trinajstić information content (AvgIpc) is 2.62. The SMILES string of the molecule is Cc1cc(CC(c2cc(C)c(O)c(C)c2)c2ccccc2O)cc(C)c1O. The molecule has 3 aromatic rings. The molecule has 0 spiro atoms. The molecule has 0 aliphatic rings. The van der Waals surface area contributed by atoms with E-state index in [1.165, 1.54) is 0 Å². The van der Waals surface area contributed by atoms with E-state index in [9.17, 15) is 15.3 Å².